The van der Waals surface area contributed by atoms with Gasteiger partial charge in [0.2, 0.25) is 0 Å². The Morgan fingerprint density at radius 2 is 1.73 bits per heavy atom. The predicted molar refractivity (Wildman–Crippen MR) is 136 cm³/mol. The summed E-state index contributed by atoms with van der Waals surface area (Å²) in [6.07, 6.45) is 4.90. The summed E-state index contributed by atoms with van der Waals surface area (Å²) in [7, 11) is 1.54. The van der Waals surface area contributed by atoms with E-state index in [0.29, 0.717) is 16.3 Å². The van der Waals surface area contributed by atoms with Gasteiger partial charge < -0.3 is 10.1 Å². The first kappa shape index (κ1) is 24.2. The van der Waals surface area contributed by atoms with Gasteiger partial charge >= 0.3 is 0 Å². The number of hydrogen-bond acceptors (Lipinski definition) is 6. The van der Waals surface area contributed by atoms with Gasteiger partial charge in [-0.25, -0.2) is 0 Å². The van der Waals surface area contributed by atoms with E-state index in [1.54, 1.807) is 37.5 Å². The van der Waals surface area contributed by atoms with Crippen molar-refractivity contribution >= 4 is 57.7 Å². The van der Waals surface area contributed by atoms with Gasteiger partial charge in [-0.1, -0.05) is 60.4 Å². The Labute approximate surface area is 202 Å². The van der Waals surface area contributed by atoms with Crippen LogP contribution in [0.25, 0.3) is 6.08 Å². The van der Waals surface area contributed by atoms with Crippen LogP contribution in [0.1, 0.15) is 19.4 Å². The average Bonchev–Trinajstić information content (AvgIpc) is 3.05. The number of nitrogens with zero attached hydrogens (tertiary/aromatic N) is 1. The number of nitrogens with one attached hydrogen (secondary N) is 1. The van der Waals surface area contributed by atoms with E-state index in [-0.39, 0.29) is 15.8 Å². The fourth-order valence-corrected chi connectivity index (χ4v) is 4.22. The number of carbonyl (C=O) groups excluding carboxylic acids is 3. The predicted octanol–water partition coefficient (Wildman–Crippen LogP) is 4.95. The number of thiocarbonyl (C=S) groups is 1. The number of ketones is 1. The van der Waals surface area contributed by atoms with Crippen LogP contribution in [0.5, 0.6) is 5.75 Å². The fourth-order valence-electron chi connectivity index (χ4n) is 2.96. The van der Waals surface area contributed by atoms with Crippen LogP contribution in [0, 0.1) is 0 Å². The highest BCUT2D eigenvalue weighted by Crippen LogP contribution is 2.33. The van der Waals surface area contributed by atoms with Gasteiger partial charge in [0.05, 0.1) is 17.6 Å². The standard InChI is InChI=1S/C25H22N2O4S2/c1-16(13-18-7-5-4-6-8-18)14-22-24(30)27(25(32)33-22)15-21(17(2)28)23(29)26-19-9-11-20(31-3)12-10-19/h4-15H,1-3H3,(H,26,29)/b16-13-,21-15+,22-14+. The molecule has 8 heteroatoms. The van der Waals surface area contributed by atoms with Crippen LogP contribution in [-0.2, 0) is 14.4 Å². The van der Waals surface area contributed by atoms with Crippen LogP contribution in [0.3, 0.4) is 0 Å². The average molecular weight is 479 g/mol. The van der Waals surface area contributed by atoms with Gasteiger partial charge in [0.15, 0.2) is 10.1 Å². The largest absolute Gasteiger partial charge is 0.497 e. The molecule has 0 spiro atoms. The maximum absolute atomic E-state index is 12.9. The molecule has 6 nitrogen and oxygen atoms in total. The van der Waals surface area contributed by atoms with Crippen LogP contribution in [0.4, 0.5) is 5.69 Å². The van der Waals surface area contributed by atoms with Gasteiger partial charge in [-0.05, 0) is 55.3 Å². The second-order valence-corrected chi connectivity index (χ2v) is 8.81. The van der Waals surface area contributed by atoms with Crippen LogP contribution < -0.4 is 10.1 Å². The zero-order chi connectivity index (χ0) is 24.0. The first-order chi connectivity index (χ1) is 15.8. The minimum Gasteiger partial charge on any atom is -0.497 e. The maximum atomic E-state index is 12.9. The monoisotopic (exact) mass is 478 g/mol. The zero-order valence-corrected chi connectivity index (χ0v) is 20.0. The molecular weight excluding hydrogens is 456 g/mol. The summed E-state index contributed by atoms with van der Waals surface area (Å²) >= 11 is 6.45. The number of carbonyl (C=O) groups is 3. The Hall–Kier alpha value is -3.49. The molecule has 3 rings (SSSR count). The molecule has 0 aromatic heterocycles. The maximum Gasteiger partial charge on any atom is 0.270 e. The molecule has 33 heavy (non-hydrogen) atoms. The highest BCUT2D eigenvalue weighted by atomic mass is 32.2. The molecule has 2 aromatic rings. The van der Waals surface area contributed by atoms with Crippen molar-refractivity contribution in [2.75, 3.05) is 12.4 Å². The van der Waals surface area contributed by atoms with Crippen molar-refractivity contribution in [1.29, 1.82) is 0 Å². The minimum absolute atomic E-state index is 0.181. The molecule has 1 aliphatic heterocycles. The Bertz CT molecular complexity index is 1180. The number of amides is 2. The van der Waals surface area contributed by atoms with E-state index in [9.17, 15) is 14.4 Å². The topological polar surface area (TPSA) is 75.7 Å². The number of thioether (sulfide) groups is 1. The lowest BCUT2D eigenvalue weighted by Gasteiger charge is -2.12. The second-order valence-electron chi connectivity index (χ2n) is 7.13. The van der Waals surface area contributed by atoms with Crippen molar-refractivity contribution in [1.82, 2.24) is 4.90 Å². The van der Waals surface area contributed by atoms with Gasteiger partial charge in [-0.2, -0.15) is 0 Å². The molecule has 1 aliphatic rings. The van der Waals surface area contributed by atoms with Gasteiger partial charge in [0.25, 0.3) is 11.8 Å². The summed E-state index contributed by atoms with van der Waals surface area (Å²) < 4.78 is 5.34. The first-order valence-corrected chi connectivity index (χ1v) is 11.2. The number of benzene rings is 2. The SMILES string of the molecule is COc1ccc(NC(=O)/C(=C/N2C(=O)/C(=C\C(C)=C/c3ccccc3)SC2=S)C(C)=O)cc1. The van der Waals surface area contributed by atoms with E-state index in [4.69, 9.17) is 17.0 Å². The van der Waals surface area contributed by atoms with Crippen molar-refractivity contribution < 1.29 is 19.1 Å². The molecule has 168 valence electrons. The lowest BCUT2D eigenvalue weighted by Crippen LogP contribution is -2.27. The molecule has 0 atom stereocenters. The lowest BCUT2D eigenvalue weighted by molar-refractivity contribution is -0.120. The summed E-state index contributed by atoms with van der Waals surface area (Å²) in [5, 5.41) is 2.65. The normalized spacial score (nSPS) is 15.7. The van der Waals surface area contributed by atoms with Crippen molar-refractivity contribution in [2.45, 2.75) is 13.8 Å². The molecule has 0 aliphatic carbocycles. The summed E-state index contributed by atoms with van der Waals surface area (Å²) in [5.74, 6) is -0.872. The van der Waals surface area contributed by atoms with Crippen molar-refractivity contribution in [3.63, 3.8) is 0 Å². The third-order valence-corrected chi connectivity index (χ3v) is 5.94. The van der Waals surface area contributed by atoms with Crippen molar-refractivity contribution in [3.8, 4) is 5.75 Å². The Morgan fingerprint density at radius 1 is 1.06 bits per heavy atom. The Kier molecular flexibility index (Phi) is 7.97. The van der Waals surface area contributed by atoms with Crippen LogP contribution in [-0.4, -0.2) is 33.9 Å². The lowest BCUT2D eigenvalue weighted by atomic mass is 10.1. The number of methoxy groups -OCH3 is 1. The molecule has 0 saturated carbocycles. The van der Waals surface area contributed by atoms with Crippen LogP contribution in [0.15, 0.2) is 82.9 Å². The van der Waals surface area contributed by atoms with E-state index in [1.807, 2.05) is 43.3 Å². The smallest absolute Gasteiger partial charge is 0.270 e. The molecule has 1 N–H and O–H groups in total. The Balaban J connectivity index is 1.80. The van der Waals surface area contributed by atoms with Gasteiger partial charge in [-0.3, -0.25) is 19.3 Å². The summed E-state index contributed by atoms with van der Waals surface area (Å²) in [6, 6.07) is 16.4. The molecule has 1 saturated heterocycles. The molecular formula is C25H22N2O4S2. The molecule has 0 unspecified atom stereocenters. The van der Waals surface area contributed by atoms with Crippen molar-refractivity contribution in [2.24, 2.45) is 0 Å². The third kappa shape index (κ3) is 6.27. The third-order valence-electron chi connectivity index (χ3n) is 4.61. The van der Waals surface area contributed by atoms with Crippen LogP contribution >= 0.6 is 24.0 Å². The summed E-state index contributed by atoms with van der Waals surface area (Å²) in [4.78, 5) is 39.4. The minimum atomic E-state index is -0.633. The van der Waals surface area contributed by atoms with Gasteiger partial charge in [0, 0.05) is 11.9 Å². The fraction of sp³-hybridized carbons (Fsp3) is 0.120. The van der Waals surface area contributed by atoms with Gasteiger partial charge in [-0.15, -0.1) is 0 Å². The molecule has 0 bridgehead atoms. The second kappa shape index (κ2) is 10.9. The van der Waals surface area contributed by atoms with E-state index in [2.05, 4.69) is 5.32 Å². The number of allylic oxidation sites excluding steroid dienone is 2. The quantitative estimate of drug-likeness (QED) is 0.263. The summed E-state index contributed by atoms with van der Waals surface area (Å²) in [5.41, 5.74) is 2.19. The van der Waals surface area contributed by atoms with Gasteiger partial charge in [0.1, 0.15) is 5.75 Å². The molecule has 2 aromatic carbocycles. The molecule has 2 amide bonds. The van der Waals surface area contributed by atoms with E-state index in [1.165, 1.54) is 13.1 Å². The van der Waals surface area contributed by atoms with E-state index >= 15 is 0 Å². The number of Topliss-reactive ketones (excluding diaryl/α,β-unsaturated/α-hetero) is 1. The first-order valence-electron chi connectivity index (χ1n) is 9.97. The van der Waals surface area contributed by atoms with Crippen LogP contribution in [0.2, 0.25) is 0 Å². The Morgan fingerprint density at radius 3 is 2.33 bits per heavy atom. The molecule has 1 heterocycles. The number of rotatable bonds is 7. The number of ether oxygens (including phenoxy) is 1. The highest BCUT2D eigenvalue weighted by Gasteiger charge is 2.32. The highest BCUT2D eigenvalue weighted by molar-refractivity contribution is 8.26. The molecule has 0 radical (unpaired) electrons. The van der Waals surface area contributed by atoms with Crippen molar-refractivity contribution in [3.05, 3.63) is 88.5 Å². The summed E-state index contributed by atoms with van der Waals surface area (Å²) in [6.45, 7) is 3.15. The number of anilines is 1. The molecule has 1 fully saturated rings. The zero-order valence-electron chi connectivity index (χ0n) is 18.3. The van der Waals surface area contributed by atoms with E-state index < -0.39 is 11.7 Å². The number of hydrogen-bond donors (Lipinski definition) is 1. The van der Waals surface area contributed by atoms with E-state index in [0.717, 1.165) is 27.8 Å².